The van der Waals surface area contributed by atoms with E-state index in [1.807, 2.05) is 56.3 Å². The Morgan fingerprint density at radius 1 is 1.03 bits per heavy atom. The molecule has 1 aliphatic rings. The molecule has 158 valence electrons. The number of halogens is 1. The molecular weight excluding hydrogens is 412 g/mol. The fourth-order valence-corrected chi connectivity index (χ4v) is 3.84. The molecule has 0 aromatic heterocycles. The van der Waals surface area contributed by atoms with Crippen LogP contribution in [0.2, 0.25) is 5.02 Å². The average Bonchev–Trinajstić information content (AvgIpc) is 3.15. The maximum Gasteiger partial charge on any atom is 0.229 e. The molecule has 1 atom stereocenters. The highest BCUT2D eigenvalue weighted by Gasteiger charge is 2.35. The Kier molecular flexibility index (Phi) is 5.96. The summed E-state index contributed by atoms with van der Waals surface area (Å²) in [5.74, 6) is 0.764. The highest BCUT2D eigenvalue weighted by molar-refractivity contribution is 6.33. The fraction of sp³-hybridized carbons (Fsp3) is 0.200. The molecule has 0 unspecified atom stereocenters. The van der Waals surface area contributed by atoms with Crippen LogP contribution in [0.4, 0.5) is 11.4 Å². The number of benzene rings is 3. The first-order chi connectivity index (χ1) is 14.9. The lowest BCUT2D eigenvalue weighted by Crippen LogP contribution is -2.28. The van der Waals surface area contributed by atoms with Crippen LogP contribution in [0.15, 0.2) is 66.7 Å². The summed E-state index contributed by atoms with van der Waals surface area (Å²) in [6.45, 7) is 4.37. The summed E-state index contributed by atoms with van der Waals surface area (Å²) in [5.41, 5.74) is 3.55. The quantitative estimate of drug-likeness (QED) is 0.557. The summed E-state index contributed by atoms with van der Waals surface area (Å²) < 4.78 is 5.96. The van der Waals surface area contributed by atoms with Gasteiger partial charge in [0.05, 0.1) is 16.6 Å². The Labute approximate surface area is 186 Å². The lowest BCUT2D eigenvalue weighted by molar-refractivity contribution is -0.122. The Balaban J connectivity index is 1.39. The lowest BCUT2D eigenvalue weighted by atomic mass is 10.1. The van der Waals surface area contributed by atoms with E-state index in [4.69, 9.17) is 16.3 Å². The highest BCUT2D eigenvalue weighted by Crippen LogP contribution is 2.32. The van der Waals surface area contributed by atoms with Crippen LogP contribution < -0.4 is 15.0 Å². The van der Waals surface area contributed by atoms with Gasteiger partial charge in [0.15, 0.2) is 0 Å². The van der Waals surface area contributed by atoms with E-state index in [2.05, 4.69) is 5.32 Å². The van der Waals surface area contributed by atoms with E-state index >= 15 is 0 Å². The van der Waals surface area contributed by atoms with E-state index in [0.29, 0.717) is 28.7 Å². The van der Waals surface area contributed by atoms with Gasteiger partial charge in [-0.1, -0.05) is 35.9 Å². The zero-order chi connectivity index (χ0) is 22.0. The SMILES string of the molecule is Cc1cccc(Oc2ccc(NC(=O)[C@H]3CC(=O)N(c4ccccc4Cl)C3)cc2)c1C. The molecule has 4 rings (SSSR count). The maximum absolute atomic E-state index is 12.7. The number of nitrogens with one attached hydrogen (secondary N) is 1. The van der Waals surface area contributed by atoms with E-state index in [1.165, 1.54) is 5.56 Å². The van der Waals surface area contributed by atoms with Gasteiger partial charge in [-0.05, 0) is 67.4 Å². The van der Waals surface area contributed by atoms with Crippen LogP contribution in [0, 0.1) is 19.8 Å². The van der Waals surface area contributed by atoms with Crippen molar-refractivity contribution in [2.24, 2.45) is 5.92 Å². The molecule has 1 heterocycles. The number of anilines is 2. The van der Waals surface area contributed by atoms with Gasteiger partial charge in [0, 0.05) is 18.7 Å². The molecule has 1 N–H and O–H groups in total. The van der Waals surface area contributed by atoms with Crippen LogP contribution in [0.3, 0.4) is 0 Å². The fourth-order valence-electron chi connectivity index (χ4n) is 3.60. The summed E-state index contributed by atoms with van der Waals surface area (Å²) in [4.78, 5) is 26.7. The van der Waals surface area contributed by atoms with Crippen molar-refractivity contribution in [1.29, 1.82) is 0 Å². The van der Waals surface area contributed by atoms with Crippen molar-refractivity contribution in [2.75, 3.05) is 16.8 Å². The predicted octanol–water partition coefficient (Wildman–Crippen LogP) is 5.74. The first-order valence-corrected chi connectivity index (χ1v) is 10.5. The number of rotatable bonds is 5. The van der Waals surface area contributed by atoms with Crippen molar-refractivity contribution in [2.45, 2.75) is 20.3 Å². The van der Waals surface area contributed by atoms with Crippen LogP contribution in [-0.4, -0.2) is 18.4 Å². The number of nitrogens with zero attached hydrogens (tertiary/aromatic N) is 1. The third-order valence-electron chi connectivity index (χ3n) is 5.54. The lowest BCUT2D eigenvalue weighted by Gasteiger charge is -2.18. The van der Waals surface area contributed by atoms with Crippen LogP contribution in [0.1, 0.15) is 17.5 Å². The molecule has 5 nitrogen and oxygen atoms in total. The minimum Gasteiger partial charge on any atom is -0.457 e. The van der Waals surface area contributed by atoms with E-state index in [9.17, 15) is 9.59 Å². The summed E-state index contributed by atoms with van der Waals surface area (Å²) in [5, 5.41) is 3.39. The van der Waals surface area contributed by atoms with Gasteiger partial charge in [-0.15, -0.1) is 0 Å². The molecule has 1 fully saturated rings. The number of hydrogen-bond donors (Lipinski definition) is 1. The number of carbonyl (C=O) groups excluding carboxylic acids is 2. The van der Waals surface area contributed by atoms with Crippen LogP contribution in [0.25, 0.3) is 0 Å². The smallest absolute Gasteiger partial charge is 0.229 e. The summed E-state index contributed by atoms with van der Waals surface area (Å²) in [7, 11) is 0. The average molecular weight is 435 g/mol. The first kappa shape index (κ1) is 20.9. The second kappa shape index (κ2) is 8.82. The molecule has 31 heavy (non-hydrogen) atoms. The Morgan fingerprint density at radius 3 is 2.52 bits per heavy atom. The second-order valence-electron chi connectivity index (χ2n) is 7.67. The highest BCUT2D eigenvalue weighted by atomic mass is 35.5. The van der Waals surface area contributed by atoms with Crippen LogP contribution in [0.5, 0.6) is 11.5 Å². The second-order valence-corrected chi connectivity index (χ2v) is 8.08. The molecule has 0 spiro atoms. The number of carbonyl (C=O) groups is 2. The Bertz CT molecular complexity index is 1130. The normalized spacial score (nSPS) is 15.8. The van der Waals surface area contributed by atoms with Gasteiger partial charge >= 0.3 is 0 Å². The molecule has 0 saturated carbocycles. The largest absolute Gasteiger partial charge is 0.457 e. The van der Waals surface area contributed by atoms with Crippen molar-refractivity contribution >= 4 is 34.8 Å². The van der Waals surface area contributed by atoms with Crippen LogP contribution >= 0.6 is 11.6 Å². The van der Waals surface area contributed by atoms with Gasteiger partial charge in [-0.25, -0.2) is 0 Å². The Hall–Kier alpha value is -3.31. The monoisotopic (exact) mass is 434 g/mol. The van der Waals surface area contributed by atoms with E-state index in [1.54, 1.807) is 29.2 Å². The molecule has 0 aliphatic carbocycles. The minimum atomic E-state index is -0.436. The molecule has 1 aliphatic heterocycles. The third kappa shape index (κ3) is 4.57. The van der Waals surface area contributed by atoms with Crippen molar-refractivity contribution in [3.8, 4) is 11.5 Å². The Morgan fingerprint density at radius 2 is 1.77 bits per heavy atom. The van der Waals surface area contributed by atoms with Gasteiger partial charge in [0.25, 0.3) is 0 Å². The molecule has 0 radical (unpaired) electrons. The summed E-state index contributed by atoms with van der Waals surface area (Å²) in [6.07, 6.45) is 0.158. The zero-order valence-corrected chi connectivity index (χ0v) is 18.1. The number of para-hydroxylation sites is 1. The molecule has 2 amide bonds. The summed E-state index contributed by atoms with van der Waals surface area (Å²) in [6, 6.07) is 20.3. The standard InChI is InChI=1S/C25H23ClN2O3/c1-16-6-5-9-23(17(16)2)31-20-12-10-19(11-13-20)27-25(30)18-14-24(29)28(15-18)22-8-4-3-7-21(22)26/h3-13,18H,14-15H2,1-2H3,(H,27,30)/t18-/m0/s1. The van der Waals surface area contributed by atoms with Crippen molar-refractivity contribution in [1.82, 2.24) is 0 Å². The van der Waals surface area contributed by atoms with Gasteiger partial charge in [-0.2, -0.15) is 0 Å². The molecule has 0 bridgehead atoms. The van der Waals surface area contributed by atoms with Gasteiger partial charge in [-0.3, -0.25) is 9.59 Å². The first-order valence-electron chi connectivity index (χ1n) is 10.1. The minimum absolute atomic E-state index is 0.106. The van der Waals surface area contributed by atoms with Gasteiger partial charge in [0.2, 0.25) is 11.8 Å². The maximum atomic E-state index is 12.7. The van der Waals surface area contributed by atoms with Crippen molar-refractivity contribution in [3.63, 3.8) is 0 Å². The van der Waals surface area contributed by atoms with E-state index in [0.717, 1.165) is 11.3 Å². The van der Waals surface area contributed by atoms with Crippen molar-refractivity contribution < 1.29 is 14.3 Å². The third-order valence-corrected chi connectivity index (χ3v) is 5.86. The van der Waals surface area contributed by atoms with Gasteiger partial charge < -0.3 is 15.0 Å². The molecular formula is C25H23ClN2O3. The molecule has 6 heteroatoms. The summed E-state index contributed by atoms with van der Waals surface area (Å²) >= 11 is 6.21. The van der Waals surface area contributed by atoms with Gasteiger partial charge in [0.1, 0.15) is 11.5 Å². The van der Waals surface area contributed by atoms with Crippen molar-refractivity contribution in [3.05, 3.63) is 82.9 Å². The number of ether oxygens (including phenoxy) is 1. The predicted molar refractivity (Wildman–Crippen MR) is 123 cm³/mol. The molecule has 3 aromatic carbocycles. The number of hydrogen-bond acceptors (Lipinski definition) is 3. The van der Waals surface area contributed by atoms with E-state index < -0.39 is 5.92 Å². The number of aryl methyl sites for hydroxylation is 1. The topological polar surface area (TPSA) is 58.6 Å². The zero-order valence-electron chi connectivity index (χ0n) is 17.4. The van der Waals surface area contributed by atoms with Crippen LogP contribution in [-0.2, 0) is 9.59 Å². The molecule has 3 aromatic rings. The molecule has 1 saturated heterocycles. The van der Waals surface area contributed by atoms with E-state index in [-0.39, 0.29) is 18.2 Å². The number of amides is 2.